The highest BCUT2D eigenvalue weighted by atomic mass is 32.2. The molecular weight excluding hydrogens is 299 g/mol. The number of anilines is 1. The topological polar surface area (TPSA) is 90.7 Å². The lowest BCUT2D eigenvalue weighted by molar-refractivity contribution is 0.136. The van der Waals surface area contributed by atoms with E-state index in [1.165, 1.54) is 7.11 Å². The Bertz CT molecular complexity index is 540. The van der Waals surface area contributed by atoms with Crippen molar-refractivity contribution >= 4 is 15.7 Å². The van der Waals surface area contributed by atoms with Gasteiger partial charge in [0.2, 0.25) is 10.0 Å². The number of hydrogen-bond acceptors (Lipinski definition) is 5. The van der Waals surface area contributed by atoms with Gasteiger partial charge in [-0.3, -0.25) is 0 Å². The van der Waals surface area contributed by atoms with E-state index in [9.17, 15) is 12.8 Å². The van der Waals surface area contributed by atoms with Gasteiger partial charge in [0.1, 0.15) is 0 Å². The van der Waals surface area contributed by atoms with Crippen molar-refractivity contribution in [2.24, 2.45) is 0 Å². The average Bonchev–Trinajstić information content (AvgIpc) is 2.42. The molecule has 1 aromatic rings. The molecule has 0 unspecified atom stereocenters. The minimum absolute atomic E-state index is 0.0722. The van der Waals surface area contributed by atoms with Crippen molar-refractivity contribution in [1.29, 1.82) is 0 Å². The molecule has 0 aliphatic heterocycles. The Labute approximate surface area is 124 Å². The molecule has 0 saturated carbocycles. The highest BCUT2D eigenvalue weighted by Gasteiger charge is 2.18. The second-order valence-electron chi connectivity index (χ2n) is 4.39. The monoisotopic (exact) mass is 320 g/mol. The van der Waals surface area contributed by atoms with Gasteiger partial charge in [-0.25, -0.2) is 17.5 Å². The summed E-state index contributed by atoms with van der Waals surface area (Å²) in [6.45, 7) is 2.99. The van der Waals surface area contributed by atoms with Crippen LogP contribution in [0.4, 0.5) is 10.1 Å². The average molecular weight is 320 g/mol. The summed E-state index contributed by atoms with van der Waals surface area (Å²) >= 11 is 0. The molecule has 0 heterocycles. The van der Waals surface area contributed by atoms with Crippen molar-refractivity contribution in [2.45, 2.75) is 24.7 Å². The zero-order valence-electron chi connectivity index (χ0n) is 12.2. The van der Waals surface area contributed by atoms with Crippen LogP contribution in [0.15, 0.2) is 17.0 Å². The van der Waals surface area contributed by atoms with Gasteiger partial charge in [0.25, 0.3) is 0 Å². The Morgan fingerprint density at radius 3 is 2.62 bits per heavy atom. The number of ether oxygens (including phenoxy) is 2. The summed E-state index contributed by atoms with van der Waals surface area (Å²) in [6.07, 6.45) is 1.93. The molecule has 21 heavy (non-hydrogen) atoms. The van der Waals surface area contributed by atoms with Crippen molar-refractivity contribution in [3.63, 3.8) is 0 Å². The standard InChI is InChI=1S/C13H21FN2O4S/c1-3-4-6-20-7-5-16-21(17,18)10-8-11(14)13(19-2)12(15)9-10/h8-9,16H,3-7,15H2,1-2H3. The van der Waals surface area contributed by atoms with E-state index in [0.29, 0.717) is 6.61 Å². The van der Waals surface area contributed by atoms with Crippen molar-refractivity contribution in [3.05, 3.63) is 17.9 Å². The third kappa shape index (κ3) is 5.14. The molecule has 0 aliphatic rings. The molecule has 0 radical (unpaired) electrons. The molecule has 0 atom stereocenters. The van der Waals surface area contributed by atoms with Gasteiger partial charge in [0, 0.05) is 13.2 Å². The van der Waals surface area contributed by atoms with E-state index >= 15 is 0 Å². The molecule has 8 heteroatoms. The van der Waals surface area contributed by atoms with Gasteiger partial charge in [0.05, 0.1) is 24.3 Å². The van der Waals surface area contributed by atoms with Crippen LogP contribution in [0.3, 0.4) is 0 Å². The van der Waals surface area contributed by atoms with Crippen molar-refractivity contribution in [1.82, 2.24) is 4.72 Å². The van der Waals surface area contributed by atoms with Crippen LogP contribution in [0.25, 0.3) is 0 Å². The number of nitrogens with one attached hydrogen (secondary N) is 1. The Kier molecular flexibility index (Phi) is 6.86. The van der Waals surface area contributed by atoms with Crippen LogP contribution < -0.4 is 15.2 Å². The Balaban J connectivity index is 2.66. The second kappa shape index (κ2) is 8.16. The molecule has 1 aromatic carbocycles. The van der Waals surface area contributed by atoms with Crippen molar-refractivity contribution in [3.8, 4) is 5.75 Å². The summed E-state index contributed by atoms with van der Waals surface area (Å²) in [7, 11) is -2.57. The van der Waals surface area contributed by atoms with Gasteiger partial charge in [-0.2, -0.15) is 0 Å². The number of nitrogen functional groups attached to an aromatic ring is 1. The fourth-order valence-corrected chi connectivity index (χ4v) is 2.70. The minimum atomic E-state index is -3.83. The van der Waals surface area contributed by atoms with Gasteiger partial charge >= 0.3 is 0 Å². The summed E-state index contributed by atoms with van der Waals surface area (Å²) in [5.41, 5.74) is 5.49. The van der Waals surface area contributed by atoms with E-state index in [-0.39, 0.29) is 29.5 Å². The van der Waals surface area contributed by atoms with E-state index < -0.39 is 15.8 Å². The van der Waals surface area contributed by atoms with Crippen LogP contribution in [-0.4, -0.2) is 35.3 Å². The van der Waals surface area contributed by atoms with Gasteiger partial charge in [0.15, 0.2) is 11.6 Å². The molecule has 0 bridgehead atoms. The number of methoxy groups -OCH3 is 1. The van der Waals surface area contributed by atoms with Crippen LogP contribution in [-0.2, 0) is 14.8 Å². The number of benzene rings is 1. The summed E-state index contributed by atoms with van der Waals surface area (Å²) in [4.78, 5) is -0.244. The van der Waals surface area contributed by atoms with Crippen LogP contribution in [0.1, 0.15) is 19.8 Å². The van der Waals surface area contributed by atoms with E-state index in [1.807, 2.05) is 6.92 Å². The predicted molar refractivity (Wildman–Crippen MR) is 78.3 cm³/mol. The first-order valence-electron chi connectivity index (χ1n) is 6.62. The molecule has 1 rings (SSSR count). The Morgan fingerprint density at radius 2 is 2.05 bits per heavy atom. The molecule has 3 N–H and O–H groups in total. The largest absolute Gasteiger partial charge is 0.492 e. The van der Waals surface area contributed by atoms with Crippen LogP contribution in [0, 0.1) is 5.82 Å². The van der Waals surface area contributed by atoms with Crippen molar-refractivity contribution < 1.29 is 22.3 Å². The summed E-state index contributed by atoms with van der Waals surface area (Å²) in [5.74, 6) is -0.992. The molecule has 0 amide bonds. The fraction of sp³-hybridized carbons (Fsp3) is 0.538. The molecule has 0 fully saturated rings. The predicted octanol–water partition coefficient (Wildman–Crippen LogP) is 1.51. The number of rotatable bonds is 9. The lowest BCUT2D eigenvalue weighted by Gasteiger charge is -2.10. The lowest BCUT2D eigenvalue weighted by atomic mass is 10.3. The Hall–Kier alpha value is -1.38. The van der Waals surface area contributed by atoms with E-state index in [1.54, 1.807) is 0 Å². The van der Waals surface area contributed by atoms with Crippen LogP contribution in [0.5, 0.6) is 5.75 Å². The molecule has 0 saturated heterocycles. The van der Waals surface area contributed by atoms with Crippen LogP contribution >= 0.6 is 0 Å². The maximum atomic E-state index is 13.6. The van der Waals surface area contributed by atoms with Crippen LogP contribution in [0.2, 0.25) is 0 Å². The smallest absolute Gasteiger partial charge is 0.240 e. The first kappa shape index (κ1) is 17.7. The maximum Gasteiger partial charge on any atom is 0.240 e. The Morgan fingerprint density at radius 1 is 1.33 bits per heavy atom. The second-order valence-corrected chi connectivity index (χ2v) is 6.16. The fourth-order valence-electron chi connectivity index (χ4n) is 1.64. The third-order valence-electron chi connectivity index (χ3n) is 2.74. The van der Waals surface area contributed by atoms with Crippen molar-refractivity contribution in [2.75, 3.05) is 32.6 Å². The number of hydrogen-bond donors (Lipinski definition) is 2. The van der Waals surface area contributed by atoms with Gasteiger partial charge in [-0.1, -0.05) is 13.3 Å². The number of unbranched alkanes of at least 4 members (excludes halogenated alkanes) is 1. The first-order valence-corrected chi connectivity index (χ1v) is 8.11. The van der Waals surface area contributed by atoms with E-state index in [2.05, 4.69) is 4.72 Å². The first-order chi connectivity index (χ1) is 9.92. The molecule has 120 valence electrons. The summed E-state index contributed by atoms with van der Waals surface area (Å²) < 4.78 is 50.0. The molecular formula is C13H21FN2O4S. The summed E-state index contributed by atoms with van der Waals surface area (Å²) in [5, 5.41) is 0. The lowest BCUT2D eigenvalue weighted by Crippen LogP contribution is -2.27. The molecule has 0 aromatic heterocycles. The van der Waals surface area contributed by atoms with Gasteiger partial charge in [-0.05, 0) is 18.6 Å². The summed E-state index contributed by atoms with van der Waals surface area (Å²) in [6, 6.07) is 2.03. The number of sulfonamides is 1. The van der Waals surface area contributed by atoms with Gasteiger partial charge in [-0.15, -0.1) is 0 Å². The van der Waals surface area contributed by atoms with Gasteiger partial charge < -0.3 is 15.2 Å². The highest BCUT2D eigenvalue weighted by Crippen LogP contribution is 2.28. The minimum Gasteiger partial charge on any atom is -0.492 e. The number of nitrogens with two attached hydrogens (primary N) is 1. The van der Waals surface area contributed by atoms with E-state index in [0.717, 1.165) is 25.0 Å². The van der Waals surface area contributed by atoms with E-state index in [4.69, 9.17) is 15.2 Å². The SMILES string of the molecule is CCCCOCCNS(=O)(=O)c1cc(N)c(OC)c(F)c1. The maximum absolute atomic E-state index is 13.6. The third-order valence-corrected chi connectivity index (χ3v) is 4.18. The number of halogens is 1. The molecule has 0 aliphatic carbocycles. The quantitative estimate of drug-likeness (QED) is 0.532. The normalized spacial score (nSPS) is 11.6. The molecule has 0 spiro atoms. The highest BCUT2D eigenvalue weighted by molar-refractivity contribution is 7.89. The zero-order valence-corrected chi connectivity index (χ0v) is 13.0. The zero-order chi connectivity index (χ0) is 15.9. The molecule has 6 nitrogen and oxygen atoms in total.